The maximum absolute atomic E-state index is 4.99. The summed E-state index contributed by atoms with van der Waals surface area (Å²) in [5.74, 6) is 1.93. The first-order valence-electron chi connectivity index (χ1n) is 8.71. The summed E-state index contributed by atoms with van der Waals surface area (Å²) in [6, 6.07) is 0.332. The highest BCUT2D eigenvalue weighted by molar-refractivity contribution is 14.0. The number of anilines is 1. The highest BCUT2D eigenvalue weighted by atomic mass is 127. The molecule has 9 nitrogen and oxygen atoms in total. The Kier molecular flexibility index (Phi) is 7.66. The topological polar surface area (TPSA) is 96.4 Å². The van der Waals surface area contributed by atoms with E-state index in [2.05, 4.69) is 48.9 Å². The Balaban J connectivity index is 0.00000243. The lowest BCUT2D eigenvalue weighted by molar-refractivity contribution is 0.387. The maximum Gasteiger partial charge on any atom is 0.223 e. The van der Waals surface area contributed by atoms with E-state index < -0.39 is 0 Å². The molecule has 0 saturated carbocycles. The van der Waals surface area contributed by atoms with Gasteiger partial charge in [0.25, 0.3) is 0 Å². The number of hydrogen-bond acceptors (Lipinski definition) is 6. The summed E-state index contributed by atoms with van der Waals surface area (Å²) in [7, 11) is 1.94. The standard InChI is InChI=1S/C16H26N8O.HI/c1-4-17-16(18-9-15-20-12(2)25-22-15)21-13-6-5-7-24(10-13)14-8-19-23(3)11-14;/h8,11,13H,4-7,9-10H2,1-3H3,(H2,17,18,21);1H. The molecular formula is C16H27IN8O. The fraction of sp³-hybridized carbons (Fsp3) is 0.625. The van der Waals surface area contributed by atoms with Crippen LogP contribution < -0.4 is 15.5 Å². The van der Waals surface area contributed by atoms with Gasteiger partial charge in [-0.1, -0.05) is 5.16 Å². The van der Waals surface area contributed by atoms with Crippen molar-refractivity contribution in [2.75, 3.05) is 24.5 Å². The van der Waals surface area contributed by atoms with E-state index in [-0.39, 0.29) is 24.0 Å². The van der Waals surface area contributed by atoms with Crippen LogP contribution in [0.3, 0.4) is 0 Å². The summed E-state index contributed by atoms with van der Waals surface area (Å²) in [4.78, 5) is 11.1. The molecular weight excluding hydrogens is 447 g/mol. The lowest BCUT2D eigenvalue weighted by atomic mass is 10.1. The van der Waals surface area contributed by atoms with Gasteiger partial charge in [0, 0.05) is 45.8 Å². The van der Waals surface area contributed by atoms with Gasteiger partial charge in [0.15, 0.2) is 11.8 Å². The van der Waals surface area contributed by atoms with E-state index in [1.54, 1.807) is 6.92 Å². The molecule has 1 unspecified atom stereocenters. The molecule has 26 heavy (non-hydrogen) atoms. The lowest BCUT2D eigenvalue weighted by Gasteiger charge is -2.34. The molecule has 2 aromatic heterocycles. The van der Waals surface area contributed by atoms with Gasteiger partial charge in [0.1, 0.15) is 6.54 Å². The summed E-state index contributed by atoms with van der Waals surface area (Å²) < 4.78 is 6.82. The number of aromatic nitrogens is 4. The predicted octanol–water partition coefficient (Wildman–Crippen LogP) is 1.45. The molecule has 0 aromatic carbocycles. The number of nitrogens with zero attached hydrogens (tertiary/aromatic N) is 6. The maximum atomic E-state index is 4.99. The zero-order valence-corrected chi connectivity index (χ0v) is 17.8. The molecule has 1 saturated heterocycles. The van der Waals surface area contributed by atoms with E-state index in [1.165, 1.54) is 5.69 Å². The molecule has 144 valence electrons. The van der Waals surface area contributed by atoms with Gasteiger partial charge in [0.2, 0.25) is 5.89 Å². The number of piperidine rings is 1. The Bertz CT molecular complexity index is 713. The number of rotatable bonds is 5. The van der Waals surface area contributed by atoms with Crippen molar-refractivity contribution in [1.82, 2.24) is 30.6 Å². The SMILES string of the molecule is CCNC(=NCc1noc(C)n1)NC1CCCN(c2cnn(C)c2)C1.I. The highest BCUT2D eigenvalue weighted by Gasteiger charge is 2.21. The lowest BCUT2D eigenvalue weighted by Crippen LogP contribution is -2.51. The van der Waals surface area contributed by atoms with Gasteiger partial charge < -0.3 is 20.1 Å². The smallest absolute Gasteiger partial charge is 0.223 e. The Hall–Kier alpha value is -1.85. The van der Waals surface area contributed by atoms with E-state index in [0.29, 0.717) is 24.3 Å². The third kappa shape index (κ3) is 5.58. The molecule has 0 radical (unpaired) electrons. The van der Waals surface area contributed by atoms with E-state index >= 15 is 0 Å². The van der Waals surface area contributed by atoms with Crippen LogP contribution in [0.2, 0.25) is 0 Å². The number of guanidine groups is 1. The van der Waals surface area contributed by atoms with Crippen molar-refractivity contribution in [1.29, 1.82) is 0 Å². The first-order chi connectivity index (χ1) is 12.1. The third-order valence-corrected chi connectivity index (χ3v) is 4.11. The summed E-state index contributed by atoms with van der Waals surface area (Å²) in [6.07, 6.45) is 6.22. The number of aliphatic imine (C=N–C) groups is 1. The van der Waals surface area contributed by atoms with Gasteiger partial charge in [-0.15, -0.1) is 24.0 Å². The molecule has 1 aliphatic heterocycles. The zero-order chi connectivity index (χ0) is 17.6. The molecule has 0 spiro atoms. The molecule has 1 aliphatic rings. The van der Waals surface area contributed by atoms with Gasteiger partial charge in [-0.2, -0.15) is 10.1 Å². The molecule has 2 aromatic rings. The molecule has 0 aliphatic carbocycles. The van der Waals surface area contributed by atoms with E-state index in [9.17, 15) is 0 Å². The summed E-state index contributed by atoms with van der Waals surface area (Å²) in [6.45, 7) is 7.01. The van der Waals surface area contributed by atoms with E-state index in [0.717, 1.165) is 38.4 Å². The van der Waals surface area contributed by atoms with Gasteiger partial charge >= 0.3 is 0 Å². The van der Waals surface area contributed by atoms with Gasteiger partial charge in [-0.25, -0.2) is 4.99 Å². The minimum atomic E-state index is 0. The molecule has 1 fully saturated rings. The molecule has 10 heteroatoms. The van der Waals surface area contributed by atoms with Crippen molar-refractivity contribution >= 4 is 35.6 Å². The van der Waals surface area contributed by atoms with Crippen LogP contribution in [-0.4, -0.2) is 51.6 Å². The van der Waals surface area contributed by atoms with Gasteiger partial charge in [-0.05, 0) is 19.8 Å². The Labute approximate surface area is 170 Å². The normalized spacial score (nSPS) is 17.7. The minimum absolute atomic E-state index is 0. The van der Waals surface area contributed by atoms with Crippen LogP contribution in [0, 0.1) is 6.92 Å². The largest absolute Gasteiger partial charge is 0.367 e. The average Bonchev–Trinajstić information content (AvgIpc) is 3.21. The average molecular weight is 474 g/mol. The van der Waals surface area contributed by atoms with E-state index in [4.69, 9.17) is 4.52 Å². The molecule has 3 heterocycles. The molecule has 3 rings (SSSR count). The first-order valence-corrected chi connectivity index (χ1v) is 8.71. The second-order valence-electron chi connectivity index (χ2n) is 6.23. The van der Waals surface area contributed by atoms with Crippen molar-refractivity contribution in [3.63, 3.8) is 0 Å². The zero-order valence-electron chi connectivity index (χ0n) is 15.5. The van der Waals surface area contributed by atoms with Crippen molar-refractivity contribution in [3.05, 3.63) is 24.1 Å². The predicted molar refractivity (Wildman–Crippen MR) is 111 cm³/mol. The fourth-order valence-corrected chi connectivity index (χ4v) is 2.97. The minimum Gasteiger partial charge on any atom is -0.367 e. The number of halogens is 1. The van der Waals surface area contributed by atoms with Crippen molar-refractivity contribution < 1.29 is 4.52 Å². The van der Waals surface area contributed by atoms with Crippen LogP contribution in [0.4, 0.5) is 5.69 Å². The summed E-state index contributed by atoms with van der Waals surface area (Å²) >= 11 is 0. The molecule has 2 N–H and O–H groups in total. The second-order valence-corrected chi connectivity index (χ2v) is 6.23. The fourth-order valence-electron chi connectivity index (χ4n) is 2.97. The summed E-state index contributed by atoms with van der Waals surface area (Å²) in [5.41, 5.74) is 1.17. The monoisotopic (exact) mass is 474 g/mol. The van der Waals surface area contributed by atoms with Gasteiger partial charge in [-0.3, -0.25) is 4.68 Å². The van der Waals surface area contributed by atoms with Gasteiger partial charge in [0.05, 0.1) is 11.9 Å². The summed E-state index contributed by atoms with van der Waals surface area (Å²) in [5, 5.41) is 15.0. The number of aryl methyl sites for hydroxylation is 2. The van der Waals surface area contributed by atoms with Crippen molar-refractivity contribution in [2.45, 2.75) is 39.3 Å². The van der Waals surface area contributed by atoms with E-state index in [1.807, 2.05) is 17.9 Å². The van der Waals surface area contributed by atoms with Crippen LogP contribution in [0.25, 0.3) is 0 Å². The van der Waals surface area contributed by atoms with Crippen LogP contribution >= 0.6 is 24.0 Å². The van der Waals surface area contributed by atoms with Crippen molar-refractivity contribution in [3.8, 4) is 0 Å². The quantitative estimate of drug-likeness (QED) is 0.385. The molecule has 0 amide bonds. The van der Waals surface area contributed by atoms with Crippen LogP contribution in [0.5, 0.6) is 0 Å². The van der Waals surface area contributed by atoms with Crippen molar-refractivity contribution in [2.24, 2.45) is 12.0 Å². The van der Waals surface area contributed by atoms with Crippen LogP contribution in [-0.2, 0) is 13.6 Å². The third-order valence-electron chi connectivity index (χ3n) is 4.11. The highest BCUT2D eigenvalue weighted by Crippen LogP contribution is 2.18. The van der Waals surface area contributed by atoms with Crippen LogP contribution in [0.1, 0.15) is 31.5 Å². The molecule has 0 bridgehead atoms. The number of nitrogens with one attached hydrogen (secondary N) is 2. The van der Waals surface area contributed by atoms with Crippen LogP contribution in [0.15, 0.2) is 21.9 Å². The number of hydrogen-bond donors (Lipinski definition) is 2. The first kappa shape index (κ1) is 20.5. The Morgan fingerprint density at radius 1 is 1.46 bits per heavy atom. The second kappa shape index (κ2) is 9.74. The Morgan fingerprint density at radius 3 is 2.96 bits per heavy atom. The Morgan fingerprint density at radius 2 is 2.31 bits per heavy atom. The molecule has 1 atom stereocenters.